The first-order valence-electron chi connectivity index (χ1n) is 5.86. The normalized spacial score (nSPS) is 10.0. The first-order valence-corrected chi connectivity index (χ1v) is 7.73. The zero-order valence-corrected chi connectivity index (χ0v) is 12.5. The Morgan fingerprint density at radius 3 is 3.00 bits per heavy atom. The van der Waals surface area contributed by atoms with Crippen LogP contribution in [0.25, 0.3) is 0 Å². The van der Waals surface area contributed by atoms with Crippen molar-refractivity contribution in [1.82, 2.24) is 0 Å². The second kappa shape index (κ2) is 6.46. The van der Waals surface area contributed by atoms with Crippen LogP contribution in [0.3, 0.4) is 0 Å². The molecule has 1 aromatic carbocycles. The fourth-order valence-electron chi connectivity index (χ4n) is 1.54. The smallest absolute Gasteiger partial charge is 0.235 e. The molecule has 3 N–H and O–H groups in total. The first kappa shape index (κ1) is 14.4. The number of rotatable bonds is 4. The highest BCUT2D eigenvalue weighted by Gasteiger charge is 2.09. The molecule has 0 fully saturated rings. The number of amides is 1. The van der Waals surface area contributed by atoms with Crippen molar-refractivity contribution in [3.05, 3.63) is 40.8 Å². The van der Waals surface area contributed by atoms with Crippen LogP contribution in [-0.4, -0.2) is 11.7 Å². The van der Waals surface area contributed by atoms with Crippen molar-refractivity contribution in [2.24, 2.45) is 0 Å². The molecule has 0 aliphatic carbocycles. The molecule has 102 valence electrons. The van der Waals surface area contributed by atoms with Gasteiger partial charge in [0.25, 0.3) is 0 Å². The van der Waals surface area contributed by atoms with Crippen LogP contribution in [0.15, 0.2) is 34.5 Å². The Morgan fingerprint density at radius 2 is 2.30 bits per heavy atom. The highest BCUT2D eigenvalue weighted by atomic mass is 32.2. The van der Waals surface area contributed by atoms with E-state index in [2.05, 4.69) is 5.32 Å². The number of nitrogens with two attached hydrogens (primary N) is 1. The number of thiophene rings is 1. The maximum absolute atomic E-state index is 11.8. The van der Waals surface area contributed by atoms with Crippen LogP contribution in [0.5, 0.6) is 0 Å². The zero-order valence-electron chi connectivity index (χ0n) is 10.8. The predicted octanol–water partition coefficient (Wildman–Crippen LogP) is 3.24. The maximum atomic E-state index is 11.8. The third-order valence-electron chi connectivity index (χ3n) is 2.65. The molecule has 20 heavy (non-hydrogen) atoms. The van der Waals surface area contributed by atoms with Gasteiger partial charge in [0.2, 0.25) is 5.91 Å². The average molecular weight is 303 g/mol. The van der Waals surface area contributed by atoms with Gasteiger partial charge in [-0.2, -0.15) is 5.26 Å². The van der Waals surface area contributed by atoms with E-state index in [0.29, 0.717) is 16.3 Å². The fraction of sp³-hybridized carbons (Fsp3) is 0.143. The van der Waals surface area contributed by atoms with E-state index in [1.54, 1.807) is 11.4 Å². The summed E-state index contributed by atoms with van der Waals surface area (Å²) in [6.07, 6.45) is 0. The van der Waals surface area contributed by atoms with Crippen LogP contribution >= 0.6 is 23.1 Å². The highest BCUT2D eigenvalue weighted by molar-refractivity contribution is 8.00. The van der Waals surface area contributed by atoms with Gasteiger partial charge in [0.05, 0.1) is 11.3 Å². The van der Waals surface area contributed by atoms with E-state index in [9.17, 15) is 4.79 Å². The third-order valence-corrected chi connectivity index (χ3v) is 4.47. The molecule has 2 aromatic rings. The summed E-state index contributed by atoms with van der Waals surface area (Å²) < 4.78 is 0. The summed E-state index contributed by atoms with van der Waals surface area (Å²) in [5, 5.41) is 14.0. The number of anilines is 2. The largest absolute Gasteiger partial charge is 0.399 e. The lowest BCUT2D eigenvalue weighted by Crippen LogP contribution is -2.13. The van der Waals surface area contributed by atoms with Gasteiger partial charge in [0, 0.05) is 10.6 Å². The Balaban J connectivity index is 1.92. The molecule has 0 unspecified atom stereocenters. The lowest BCUT2D eigenvalue weighted by Gasteiger charge is -2.05. The zero-order chi connectivity index (χ0) is 14.5. The Bertz CT molecular complexity index is 673. The molecule has 0 bridgehead atoms. The molecule has 0 spiro atoms. The van der Waals surface area contributed by atoms with Gasteiger partial charge >= 0.3 is 0 Å². The standard InChI is InChI=1S/C14H13N3OS2/c1-9-6-11(2-3-12(9)16)20-8-13(18)17-14-10(7-15)4-5-19-14/h2-6H,8,16H2,1H3,(H,17,18). The van der Waals surface area contributed by atoms with Crippen molar-refractivity contribution in [1.29, 1.82) is 5.26 Å². The van der Waals surface area contributed by atoms with E-state index in [1.807, 2.05) is 31.2 Å². The molecule has 1 aromatic heterocycles. The number of aryl methyl sites for hydroxylation is 1. The second-order valence-electron chi connectivity index (χ2n) is 4.13. The number of nitrogens with one attached hydrogen (secondary N) is 1. The van der Waals surface area contributed by atoms with Crippen LogP contribution in [0.4, 0.5) is 10.7 Å². The predicted molar refractivity (Wildman–Crippen MR) is 84.0 cm³/mol. The molecule has 1 heterocycles. The summed E-state index contributed by atoms with van der Waals surface area (Å²) in [5.41, 5.74) is 7.99. The summed E-state index contributed by atoms with van der Waals surface area (Å²) in [5.74, 6) is 0.176. The summed E-state index contributed by atoms with van der Waals surface area (Å²) in [7, 11) is 0. The Kier molecular flexibility index (Phi) is 4.66. The fourth-order valence-corrected chi connectivity index (χ4v) is 3.09. The summed E-state index contributed by atoms with van der Waals surface area (Å²) in [6, 6.07) is 9.42. The van der Waals surface area contributed by atoms with E-state index < -0.39 is 0 Å². The third kappa shape index (κ3) is 3.53. The number of carbonyl (C=O) groups is 1. The minimum atomic E-state index is -0.122. The molecular formula is C14H13N3OS2. The van der Waals surface area contributed by atoms with Crippen LogP contribution in [0, 0.1) is 18.3 Å². The van der Waals surface area contributed by atoms with Gasteiger partial charge in [-0.3, -0.25) is 4.79 Å². The van der Waals surface area contributed by atoms with Gasteiger partial charge in [-0.1, -0.05) is 0 Å². The number of hydrogen-bond acceptors (Lipinski definition) is 5. The minimum absolute atomic E-state index is 0.122. The van der Waals surface area contributed by atoms with Crippen molar-refractivity contribution in [2.45, 2.75) is 11.8 Å². The molecule has 0 aliphatic rings. The van der Waals surface area contributed by atoms with E-state index in [4.69, 9.17) is 11.0 Å². The van der Waals surface area contributed by atoms with Crippen LogP contribution in [0.1, 0.15) is 11.1 Å². The van der Waals surface area contributed by atoms with Crippen molar-refractivity contribution in [3.8, 4) is 6.07 Å². The molecular weight excluding hydrogens is 290 g/mol. The first-order chi connectivity index (χ1) is 9.60. The maximum Gasteiger partial charge on any atom is 0.235 e. The topological polar surface area (TPSA) is 78.9 Å². The lowest BCUT2D eigenvalue weighted by atomic mass is 10.2. The molecule has 1 amide bonds. The molecule has 2 rings (SSSR count). The van der Waals surface area contributed by atoms with Crippen molar-refractivity contribution in [3.63, 3.8) is 0 Å². The number of nitrogen functional groups attached to an aromatic ring is 1. The molecule has 4 nitrogen and oxygen atoms in total. The Labute approximate surface area is 125 Å². The Morgan fingerprint density at radius 1 is 1.50 bits per heavy atom. The quantitative estimate of drug-likeness (QED) is 0.671. The molecule has 0 saturated carbocycles. The van der Waals surface area contributed by atoms with E-state index in [0.717, 1.165) is 16.1 Å². The van der Waals surface area contributed by atoms with E-state index in [1.165, 1.54) is 23.1 Å². The van der Waals surface area contributed by atoms with Gasteiger partial charge in [-0.25, -0.2) is 0 Å². The van der Waals surface area contributed by atoms with Gasteiger partial charge in [0.15, 0.2) is 0 Å². The molecule has 0 aliphatic heterocycles. The number of benzene rings is 1. The summed E-state index contributed by atoms with van der Waals surface area (Å²) in [6.45, 7) is 1.93. The molecule has 0 atom stereocenters. The molecule has 0 saturated heterocycles. The Hall–Kier alpha value is -1.97. The van der Waals surface area contributed by atoms with Gasteiger partial charge in [0.1, 0.15) is 11.1 Å². The van der Waals surface area contributed by atoms with E-state index >= 15 is 0 Å². The monoisotopic (exact) mass is 303 g/mol. The van der Waals surface area contributed by atoms with Crippen LogP contribution < -0.4 is 11.1 Å². The van der Waals surface area contributed by atoms with Crippen molar-refractivity contribution < 1.29 is 4.79 Å². The minimum Gasteiger partial charge on any atom is -0.399 e. The van der Waals surface area contributed by atoms with E-state index in [-0.39, 0.29) is 5.91 Å². The number of nitrogens with zero attached hydrogens (tertiary/aromatic N) is 1. The SMILES string of the molecule is Cc1cc(SCC(=O)Nc2sccc2C#N)ccc1N. The van der Waals surface area contributed by atoms with Crippen LogP contribution in [-0.2, 0) is 4.79 Å². The van der Waals surface area contributed by atoms with Gasteiger partial charge < -0.3 is 11.1 Å². The second-order valence-corrected chi connectivity index (χ2v) is 6.10. The highest BCUT2D eigenvalue weighted by Crippen LogP contribution is 2.25. The van der Waals surface area contributed by atoms with Gasteiger partial charge in [-0.15, -0.1) is 23.1 Å². The number of hydrogen-bond donors (Lipinski definition) is 2. The molecule has 6 heteroatoms. The summed E-state index contributed by atoms with van der Waals surface area (Å²) >= 11 is 2.79. The van der Waals surface area contributed by atoms with Crippen molar-refractivity contribution >= 4 is 39.7 Å². The number of nitriles is 1. The lowest BCUT2D eigenvalue weighted by molar-refractivity contribution is -0.113. The van der Waals surface area contributed by atoms with Gasteiger partial charge in [-0.05, 0) is 42.1 Å². The molecule has 0 radical (unpaired) electrons. The summed E-state index contributed by atoms with van der Waals surface area (Å²) in [4.78, 5) is 12.8. The number of thioether (sulfide) groups is 1. The number of carbonyl (C=O) groups excluding carboxylic acids is 1. The average Bonchev–Trinajstić information content (AvgIpc) is 2.87. The van der Waals surface area contributed by atoms with Crippen molar-refractivity contribution in [2.75, 3.05) is 16.8 Å². The van der Waals surface area contributed by atoms with Crippen LogP contribution in [0.2, 0.25) is 0 Å².